The summed E-state index contributed by atoms with van der Waals surface area (Å²) in [6.45, 7) is 5.36. The Labute approximate surface area is 88.7 Å². The van der Waals surface area contributed by atoms with Crippen LogP contribution in [0.5, 0.6) is 0 Å². The van der Waals surface area contributed by atoms with Gasteiger partial charge in [-0.1, -0.05) is 24.8 Å². The second kappa shape index (κ2) is 4.86. The van der Waals surface area contributed by atoms with Crippen molar-refractivity contribution in [2.45, 2.75) is 6.92 Å². The van der Waals surface area contributed by atoms with Crippen LogP contribution in [0.4, 0.5) is 5.69 Å². The van der Waals surface area contributed by atoms with E-state index in [1.807, 2.05) is 36.6 Å². The minimum atomic E-state index is -0.0521. The van der Waals surface area contributed by atoms with Crippen molar-refractivity contribution in [1.29, 1.82) is 0 Å². The van der Waals surface area contributed by atoms with Crippen molar-refractivity contribution in [1.82, 2.24) is 0 Å². The number of anilines is 1. The Morgan fingerprint density at radius 3 is 2.36 bits per heavy atom. The maximum Gasteiger partial charge on any atom is 0.263 e. The molecule has 1 aromatic carbocycles. The van der Waals surface area contributed by atoms with Gasteiger partial charge in [-0.3, -0.25) is 9.10 Å². The Bertz CT molecular complexity index is 334. The first kappa shape index (κ1) is 10.9. The number of hydrogen-bond donors (Lipinski definition) is 0. The molecule has 0 aliphatic heterocycles. The first-order valence-electron chi connectivity index (χ1n) is 4.26. The van der Waals surface area contributed by atoms with Crippen molar-refractivity contribution in [3.63, 3.8) is 0 Å². The zero-order chi connectivity index (χ0) is 10.6. The van der Waals surface area contributed by atoms with E-state index in [1.165, 1.54) is 11.9 Å². The fourth-order valence-corrected chi connectivity index (χ4v) is 1.70. The molecule has 1 aromatic rings. The second-order valence-corrected chi connectivity index (χ2v) is 3.63. The molecule has 0 aliphatic carbocycles. The summed E-state index contributed by atoms with van der Waals surface area (Å²) in [5.74, 6) is -0.0521. The predicted molar refractivity (Wildman–Crippen MR) is 62.3 cm³/mol. The van der Waals surface area contributed by atoms with Crippen LogP contribution in [0.2, 0.25) is 0 Å². The summed E-state index contributed by atoms with van der Waals surface area (Å²) in [6, 6.07) is 9.54. The minimum Gasteiger partial charge on any atom is -0.268 e. The molecule has 0 aliphatic rings. The number of nitrogens with zero attached hydrogens (tertiary/aromatic N) is 1. The summed E-state index contributed by atoms with van der Waals surface area (Å²) in [5.41, 5.74) is 1.43. The lowest BCUT2D eigenvalue weighted by atomic mass is 10.3. The molecule has 0 bridgehead atoms. The van der Waals surface area contributed by atoms with Crippen LogP contribution in [-0.2, 0) is 4.79 Å². The largest absolute Gasteiger partial charge is 0.268 e. The van der Waals surface area contributed by atoms with Gasteiger partial charge in [0.05, 0.1) is 5.69 Å². The van der Waals surface area contributed by atoms with Crippen LogP contribution < -0.4 is 4.31 Å². The van der Waals surface area contributed by atoms with Gasteiger partial charge in [0.1, 0.15) is 0 Å². The molecule has 0 N–H and O–H groups in total. The molecule has 2 nitrogen and oxygen atoms in total. The lowest BCUT2D eigenvalue weighted by Crippen LogP contribution is -2.23. The van der Waals surface area contributed by atoms with Crippen LogP contribution in [0.3, 0.4) is 0 Å². The van der Waals surface area contributed by atoms with Crippen molar-refractivity contribution < 1.29 is 4.79 Å². The first-order valence-corrected chi connectivity index (χ1v) is 5.44. The van der Waals surface area contributed by atoms with E-state index < -0.39 is 0 Å². The van der Waals surface area contributed by atoms with Crippen molar-refractivity contribution in [2.24, 2.45) is 0 Å². The smallest absolute Gasteiger partial charge is 0.263 e. The van der Waals surface area contributed by atoms with Gasteiger partial charge in [-0.2, -0.15) is 0 Å². The quantitative estimate of drug-likeness (QED) is 0.561. The summed E-state index contributed by atoms with van der Waals surface area (Å²) in [5, 5.41) is 0. The van der Waals surface area contributed by atoms with Crippen molar-refractivity contribution in [3.8, 4) is 0 Å². The maximum absolute atomic E-state index is 11.7. The van der Waals surface area contributed by atoms with E-state index in [0.717, 1.165) is 5.69 Å². The molecule has 3 heteroatoms. The van der Waals surface area contributed by atoms with Crippen LogP contribution >= 0.6 is 11.9 Å². The fourth-order valence-electron chi connectivity index (χ4n) is 1.04. The molecule has 0 unspecified atom stereocenters. The molecule has 1 amide bonds. The molecule has 14 heavy (non-hydrogen) atoms. The van der Waals surface area contributed by atoms with Gasteiger partial charge in [0.25, 0.3) is 5.91 Å². The van der Waals surface area contributed by atoms with E-state index >= 15 is 0 Å². The Hall–Kier alpha value is -1.22. The van der Waals surface area contributed by atoms with Gasteiger partial charge in [0, 0.05) is 11.8 Å². The lowest BCUT2D eigenvalue weighted by molar-refractivity contribution is -0.113. The van der Waals surface area contributed by atoms with Gasteiger partial charge in [0.15, 0.2) is 0 Å². The monoisotopic (exact) mass is 207 g/mol. The topological polar surface area (TPSA) is 20.3 Å². The third kappa shape index (κ3) is 2.39. The Balaban J connectivity index is 2.93. The molecule has 0 heterocycles. The zero-order valence-electron chi connectivity index (χ0n) is 8.36. The van der Waals surface area contributed by atoms with Crippen molar-refractivity contribution >= 4 is 23.5 Å². The fraction of sp³-hybridized carbons (Fsp3) is 0.182. The highest BCUT2D eigenvalue weighted by molar-refractivity contribution is 8.00. The molecule has 0 saturated carbocycles. The van der Waals surface area contributed by atoms with Crippen LogP contribution in [-0.4, -0.2) is 12.2 Å². The number of hydrogen-bond acceptors (Lipinski definition) is 2. The molecule has 0 fully saturated rings. The predicted octanol–water partition coefficient (Wildman–Crippen LogP) is 2.87. The average Bonchev–Trinajstić information content (AvgIpc) is 2.20. The summed E-state index contributed by atoms with van der Waals surface area (Å²) in [7, 11) is 0. The standard InChI is InChI=1S/C11H13NOS/c1-9(2)11(13)12(14-3)10-7-5-4-6-8-10/h4-8H,1H2,2-3H3. The molecule has 0 radical (unpaired) electrons. The van der Waals surface area contributed by atoms with E-state index in [-0.39, 0.29) is 5.91 Å². The minimum absolute atomic E-state index is 0.0521. The number of carbonyl (C=O) groups excluding carboxylic acids is 1. The summed E-state index contributed by atoms with van der Waals surface area (Å²) < 4.78 is 1.63. The van der Waals surface area contributed by atoms with E-state index in [1.54, 1.807) is 11.2 Å². The third-order valence-corrected chi connectivity index (χ3v) is 2.46. The van der Waals surface area contributed by atoms with Crippen LogP contribution in [0, 0.1) is 0 Å². The Morgan fingerprint density at radius 2 is 1.93 bits per heavy atom. The van der Waals surface area contributed by atoms with E-state index in [9.17, 15) is 4.79 Å². The maximum atomic E-state index is 11.7. The van der Waals surface area contributed by atoms with Gasteiger partial charge >= 0.3 is 0 Å². The van der Waals surface area contributed by atoms with Crippen LogP contribution in [0.1, 0.15) is 6.92 Å². The average molecular weight is 207 g/mol. The molecule has 0 saturated heterocycles. The lowest BCUT2D eigenvalue weighted by Gasteiger charge is -2.19. The van der Waals surface area contributed by atoms with Gasteiger partial charge in [-0.25, -0.2) is 0 Å². The number of carbonyl (C=O) groups is 1. The van der Waals surface area contributed by atoms with Crippen molar-refractivity contribution in [2.75, 3.05) is 10.6 Å². The Morgan fingerprint density at radius 1 is 1.36 bits per heavy atom. The molecule has 1 rings (SSSR count). The highest BCUT2D eigenvalue weighted by atomic mass is 32.2. The third-order valence-electron chi connectivity index (χ3n) is 1.72. The molecular formula is C11H13NOS. The SMILES string of the molecule is C=C(C)C(=O)N(SC)c1ccccc1. The van der Waals surface area contributed by atoms with E-state index in [0.29, 0.717) is 5.57 Å². The van der Waals surface area contributed by atoms with E-state index in [2.05, 4.69) is 6.58 Å². The van der Waals surface area contributed by atoms with Crippen LogP contribution in [0.25, 0.3) is 0 Å². The van der Waals surface area contributed by atoms with Gasteiger partial charge in [-0.05, 0) is 31.0 Å². The summed E-state index contributed by atoms with van der Waals surface area (Å²) >= 11 is 1.38. The normalized spacial score (nSPS) is 9.57. The van der Waals surface area contributed by atoms with Crippen molar-refractivity contribution in [3.05, 3.63) is 42.5 Å². The molecule has 0 aromatic heterocycles. The number of rotatable bonds is 3. The zero-order valence-corrected chi connectivity index (χ0v) is 9.17. The number of amides is 1. The molecule has 0 atom stereocenters. The first-order chi connectivity index (χ1) is 6.66. The number of para-hydroxylation sites is 1. The van der Waals surface area contributed by atoms with Gasteiger partial charge in [0.2, 0.25) is 0 Å². The summed E-state index contributed by atoms with van der Waals surface area (Å²) in [4.78, 5) is 11.7. The summed E-state index contributed by atoms with van der Waals surface area (Å²) in [6.07, 6.45) is 1.87. The molecule has 0 spiro atoms. The highest BCUT2D eigenvalue weighted by Gasteiger charge is 2.14. The van der Waals surface area contributed by atoms with Crippen LogP contribution in [0.15, 0.2) is 42.5 Å². The van der Waals surface area contributed by atoms with Gasteiger partial charge < -0.3 is 0 Å². The highest BCUT2D eigenvalue weighted by Crippen LogP contribution is 2.21. The molecule has 74 valence electrons. The van der Waals surface area contributed by atoms with Gasteiger partial charge in [-0.15, -0.1) is 0 Å². The second-order valence-electron chi connectivity index (χ2n) is 2.90. The molecular weight excluding hydrogens is 194 g/mol. The van der Waals surface area contributed by atoms with E-state index in [4.69, 9.17) is 0 Å². The Kier molecular flexibility index (Phi) is 3.77. The number of benzene rings is 1.